The SMILES string of the molecule is CCCCc1c(C#N)nc(-c2[c-]cccc2)n1-c1c(C)cc(C)cc1C.CCCCc1cc(-c2cc(-n3c(C(C)C)nc4ccccc43)ccn2)[c-]cc1F.CCCCc1cnc(-c2[c-]ccc(C(C)(C)C)c2)n1-c1c(C)cc(C)cc1C.CCCCc1cnc(-c2nc(OCC)c[n-]2)n1-c1c(C)cc(C)cc1C.[Ir].[Ir].[Ir].[Ir]. The summed E-state index contributed by atoms with van der Waals surface area (Å²) in [6.07, 6.45) is 19.8. The summed E-state index contributed by atoms with van der Waals surface area (Å²) in [5.74, 6) is 4.81. The maximum atomic E-state index is 14.2. The predicted octanol–water partition coefficient (Wildman–Crippen LogP) is 23.4. The van der Waals surface area contributed by atoms with Crippen LogP contribution >= 0.6 is 0 Å². The van der Waals surface area contributed by atoms with Gasteiger partial charge in [-0.25, -0.2) is 9.97 Å². The van der Waals surface area contributed by atoms with Crippen molar-refractivity contribution >= 4 is 11.0 Å². The summed E-state index contributed by atoms with van der Waals surface area (Å²) in [4.78, 5) is 32.6. The molecular formula is C95H109FIr4N12O-4. The van der Waals surface area contributed by atoms with Gasteiger partial charge in [0.25, 0.3) is 0 Å². The molecule has 0 bridgehead atoms. The van der Waals surface area contributed by atoms with E-state index in [0.717, 1.165) is 144 Å². The minimum atomic E-state index is -0.193. The standard InChI is InChI=1S/C26H33N2.C25H25FN3.C23H24N3.C21H27N4O.4Ir/c1-8-9-13-23-17-27-25(21-11-10-12-22(16-21)26(5,6)7)28(23)24-19(3)14-18(2)15-20(24)4;1-4-5-8-18-15-19(11-12-21(18)26)23-16-20(13-14-27-23)29-24-10-7-6-9-22(24)28-25(29)17(2)3;1-5-6-12-21-20(15-24)25-23(19-10-8-7-9-11-19)26(21)22-17(3)13-16(2)14-18(22)4;1-6-8-9-17-12-23-21(20-22-13-18(24-20)26-7-2)25(17)19-15(4)10-14(3)11-16(19)5;;;;/h10,12,14-17H,8-9,13H2,1-7H3;6-7,9-10,12-17H,4-5,8H2,1-3H3;7-10,13-14H,5-6,12H2,1-4H3;10-13H,6-9H2,1-5H3;;;;/q4*-1;;;;. The number of rotatable bonds is 23. The molecule has 0 amide bonds. The molecule has 0 aliphatic carbocycles. The molecule has 4 radical (unpaired) electrons. The zero-order valence-electron chi connectivity index (χ0n) is 69.2. The van der Waals surface area contributed by atoms with E-state index in [4.69, 9.17) is 19.7 Å². The number of para-hydroxylation sites is 2. The minimum absolute atomic E-state index is 0. The number of hydrogen-bond acceptors (Lipinski definition) is 8. The number of aromatic nitrogens is 11. The summed E-state index contributed by atoms with van der Waals surface area (Å²) in [5.41, 5.74) is 27.6. The Labute approximate surface area is 725 Å². The molecule has 0 unspecified atom stereocenters. The molecule has 6 aromatic heterocycles. The van der Waals surface area contributed by atoms with Gasteiger partial charge in [-0.15, -0.1) is 95.1 Å². The second-order valence-corrected chi connectivity index (χ2v) is 30.2. The van der Waals surface area contributed by atoms with Crippen molar-refractivity contribution in [2.24, 2.45) is 0 Å². The molecule has 0 saturated heterocycles. The molecule has 0 aliphatic rings. The Morgan fingerprint density at radius 3 is 1.60 bits per heavy atom. The van der Waals surface area contributed by atoms with E-state index in [1.54, 1.807) is 12.4 Å². The van der Waals surface area contributed by atoms with Crippen LogP contribution in [0.5, 0.6) is 5.88 Å². The first-order valence-electron chi connectivity index (χ1n) is 39.1. The van der Waals surface area contributed by atoms with Crippen LogP contribution in [0.1, 0.15) is 216 Å². The van der Waals surface area contributed by atoms with Gasteiger partial charge in [-0.3, -0.25) is 23.5 Å². The van der Waals surface area contributed by atoms with Crippen molar-refractivity contribution in [2.45, 2.75) is 220 Å². The van der Waals surface area contributed by atoms with Gasteiger partial charge in [0, 0.05) is 139 Å². The number of pyridine rings is 1. The van der Waals surface area contributed by atoms with Crippen LogP contribution in [-0.2, 0) is 112 Å². The molecule has 602 valence electrons. The number of ether oxygens (including phenoxy) is 1. The summed E-state index contributed by atoms with van der Waals surface area (Å²) >= 11 is 0. The first kappa shape index (κ1) is 93.7. The molecule has 13 nitrogen and oxygen atoms in total. The fourth-order valence-corrected chi connectivity index (χ4v) is 14.6. The second-order valence-electron chi connectivity index (χ2n) is 30.2. The molecule has 0 fully saturated rings. The molecule has 7 aromatic carbocycles. The van der Waals surface area contributed by atoms with Crippen LogP contribution in [-0.4, -0.2) is 54.8 Å². The quantitative estimate of drug-likeness (QED) is 0.0572. The van der Waals surface area contributed by atoms with Crippen LogP contribution < -0.4 is 9.72 Å². The molecule has 113 heavy (non-hydrogen) atoms. The van der Waals surface area contributed by atoms with Crippen molar-refractivity contribution in [1.29, 1.82) is 5.26 Å². The monoisotopic (exact) mass is 2220 g/mol. The van der Waals surface area contributed by atoms with E-state index in [9.17, 15) is 9.65 Å². The van der Waals surface area contributed by atoms with Crippen LogP contribution in [0.3, 0.4) is 0 Å². The van der Waals surface area contributed by atoms with Crippen LogP contribution in [0.4, 0.5) is 4.39 Å². The average Bonchev–Trinajstić information content (AvgIpc) is 1.66. The van der Waals surface area contributed by atoms with E-state index in [1.165, 1.54) is 97.3 Å². The van der Waals surface area contributed by atoms with Gasteiger partial charge in [-0.1, -0.05) is 171 Å². The van der Waals surface area contributed by atoms with Crippen molar-refractivity contribution in [2.75, 3.05) is 6.61 Å². The smallest absolute Gasteiger partial charge is 0.151 e. The predicted molar refractivity (Wildman–Crippen MR) is 445 cm³/mol. The van der Waals surface area contributed by atoms with E-state index in [1.807, 2.05) is 79.9 Å². The van der Waals surface area contributed by atoms with E-state index in [0.29, 0.717) is 24.0 Å². The molecule has 0 spiro atoms. The van der Waals surface area contributed by atoms with E-state index in [2.05, 4.69) is 248 Å². The number of benzene rings is 7. The van der Waals surface area contributed by atoms with Gasteiger partial charge < -0.3 is 28.8 Å². The summed E-state index contributed by atoms with van der Waals surface area (Å²) in [6, 6.07) is 55.2. The summed E-state index contributed by atoms with van der Waals surface area (Å²) in [6.45, 7) is 41.7. The molecule has 0 N–H and O–H groups in total. The fourth-order valence-electron chi connectivity index (χ4n) is 14.6. The van der Waals surface area contributed by atoms with Gasteiger partial charge in [-0.2, -0.15) is 5.26 Å². The molecule has 0 aliphatic heterocycles. The number of hydrogen-bond donors (Lipinski definition) is 0. The normalized spacial score (nSPS) is 10.9. The third-order valence-corrected chi connectivity index (χ3v) is 19.7. The third kappa shape index (κ3) is 22.7. The van der Waals surface area contributed by atoms with Crippen LogP contribution in [0.2, 0.25) is 0 Å². The Kier molecular flexibility index (Phi) is 36.1. The Bertz CT molecular complexity index is 5230. The number of unbranched alkanes of at least 4 members (excludes halogenated alkanes) is 4. The maximum absolute atomic E-state index is 14.2. The van der Waals surface area contributed by atoms with Crippen LogP contribution in [0.15, 0.2) is 152 Å². The maximum Gasteiger partial charge on any atom is 0.151 e. The summed E-state index contributed by atoms with van der Waals surface area (Å²) in [7, 11) is 0. The van der Waals surface area contributed by atoms with Gasteiger partial charge in [0.1, 0.15) is 23.6 Å². The Hall–Kier alpha value is -8.18. The fraction of sp³-hybridized carbons (Fsp3) is 0.358. The number of nitrogens with zero attached hydrogens (tertiary/aromatic N) is 12. The largest absolute Gasteiger partial charge is 0.498 e. The molecule has 0 saturated carbocycles. The summed E-state index contributed by atoms with van der Waals surface area (Å²) in [5, 5.41) is 9.70. The van der Waals surface area contributed by atoms with Crippen molar-refractivity contribution in [3.63, 3.8) is 0 Å². The molecular weight excluding hydrogens is 2110 g/mol. The third-order valence-electron chi connectivity index (χ3n) is 19.7. The number of imidazole rings is 5. The topological polar surface area (TPSA) is 144 Å². The number of aryl methyl sites for hydroxylation is 12. The Morgan fingerprint density at radius 2 is 1.06 bits per heavy atom. The summed E-state index contributed by atoms with van der Waals surface area (Å²) < 4.78 is 28.6. The minimum Gasteiger partial charge on any atom is -0.498 e. The van der Waals surface area contributed by atoms with Crippen molar-refractivity contribution < 1.29 is 89.5 Å². The van der Waals surface area contributed by atoms with Gasteiger partial charge in [-0.05, 0) is 189 Å². The Balaban J connectivity index is 0.000000232. The first-order chi connectivity index (χ1) is 52.4. The van der Waals surface area contributed by atoms with Crippen LogP contribution in [0.25, 0.3) is 79.5 Å². The van der Waals surface area contributed by atoms with Gasteiger partial charge >= 0.3 is 0 Å². The second kappa shape index (κ2) is 43.5. The van der Waals surface area contributed by atoms with Crippen molar-refractivity contribution in [1.82, 2.24) is 53.2 Å². The Morgan fingerprint density at radius 1 is 0.531 bits per heavy atom. The van der Waals surface area contributed by atoms with Crippen LogP contribution in [0, 0.1) is 97.7 Å². The molecule has 13 aromatic rings. The average molecular weight is 2220 g/mol. The molecule has 18 heteroatoms. The van der Waals surface area contributed by atoms with Crippen molar-refractivity contribution in [3.8, 4) is 80.4 Å². The molecule has 0 atom stereocenters. The van der Waals surface area contributed by atoms with E-state index in [-0.39, 0.29) is 97.6 Å². The van der Waals surface area contributed by atoms with E-state index < -0.39 is 0 Å². The van der Waals surface area contributed by atoms with E-state index >= 15 is 0 Å². The number of halogens is 1. The zero-order chi connectivity index (χ0) is 78.2. The van der Waals surface area contributed by atoms with Gasteiger partial charge in [0.05, 0.1) is 40.7 Å². The molecule has 13 rings (SSSR count). The molecule has 6 heterocycles. The first-order valence-corrected chi connectivity index (χ1v) is 39.1. The zero-order valence-corrected chi connectivity index (χ0v) is 78.8. The number of nitriles is 1. The van der Waals surface area contributed by atoms with Gasteiger partial charge in [0.2, 0.25) is 0 Å². The number of fused-ring (bicyclic) bond motifs is 1. The van der Waals surface area contributed by atoms with Gasteiger partial charge in [0.15, 0.2) is 5.69 Å². The van der Waals surface area contributed by atoms with Crippen molar-refractivity contribution in [3.05, 3.63) is 266 Å².